The van der Waals surface area contributed by atoms with Crippen LogP contribution in [0.15, 0.2) is 77.2 Å². The Morgan fingerprint density at radius 3 is 2.43 bits per heavy atom. The van der Waals surface area contributed by atoms with Crippen molar-refractivity contribution in [2.45, 2.75) is 6.54 Å². The maximum absolute atomic E-state index is 12.6. The van der Waals surface area contributed by atoms with E-state index in [9.17, 15) is 4.79 Å². The molecule has 0 atom stereocenters. The van der Waals surface area contributed by atoms with Crippen LogP contribution in [-0.4, -0.2) is 5.91 Å². The van der Waals surface area contributed by atoms with Crippen LogP contribution >= 0.6 is 0 Å². The zero-order valence-electron chi connectivity index (χ0n) is 12.5. The standard InChI is InChI=1S/C20H15NO2/c22-20(21-13-14-7-2-1-3-8-14)16-10-6-12-18-19(16)15-9-4-5-11-17(15)23-18/h1-12H,13H2,(H,21,22). The molecule has 0 saturated carbocycles. The van der Waals surface area contributed by atoms with E-state index in [2.05, 4.69) is 5.32 Å². The number of carbonyl (C=O) groups excluding carboxylic acids is 1. The molecule has 4 rings (SSSR count). The first-order chi connectivity index (χ1) is 11.3. The summed E-state index contributed by atoms with van der Waals surface area (Å²) in [4.78, 5) is 12.6. The third-order valence-electron chi connectivity index (χ3n) is 3.94. The van der Waals surface area contributed by atoms with Crippen LogP contribution in [0.2, 0.25) is 0 Å². The van der Waals surface area contributed by atoms with E-state index >= 15 is 0 Å². The Bertz CT molecular complexity index is 986. The van der Waals surface area contributed by atoms with E-state index in [1.807, 2.05) is 72.8 Å². The summed E-state index contributed by atoms with van der Waals surface area (Å²) in [6, 6.07) is 23.2. The van der Waals surface area contributed by atoms with E-state index in [0.717, 1.165) is 27.5 Å². The van der Waals surface area contributed by atoms with Crippen molar-refractivity contribution in [3.63, 3.8) is 0 Å². The lowest BCUT2D eigenvalue weighted by atomic mass is 10.1. The average Bonchev–Trinajstić information content (AvgIpc) is 2.99. The lowest BCUT2D eigenvalue weighted by Crippen LogP contribution is -2.22. The summed E-state index contributed by atoms with van der Waals surface area (Å²) in [5.41, 5.74) is 3.25. The summed E-state index contributed by atoms with van der Waals surface area (Å²) in [6.45, 7) is 0.506. The quantitative estimate of drug-likeness (QED) is 0.604. The fourth-order valence-corrected chi connectivity index (χ4v) is 2.84. The molecule has 0 aliphatic heterocycles. The Balaban J connectivity index is 1.72. The van der Waals surface area contributed by atoms with Crippen molar-refractivity contribution < 1.29 is 9.21 Å². The maximum Gasteiger partial charge on any atom is 0.252 e. The minimum atomic E-state index is -0.0917. The molecule has 0 unspecified atom stereocenters. The van der Waals surface area contributed by atoms with Gasteiger partial charge in [-0.2, -0.15) is 0 Å². The Morgan fingerprint density at radius 2 is 1.57 bits per heavy atom. The topological polar surface area (TPSA) is 42.2 Å². The Morgan fingerprint density at radius 1 is 0.826 bits per heavy atom. The van der Waals surface area contributed by atoms with Gasteiger partial charge in [0.25, 0.3) is 5.91 Å². The molecule has 4 aromatic rings. The van der Waals surface area contributed by atoms with E-state index in [0.29, 0.717) is 12.1 Å². The van der Waals surface area contributed by atoms with Gasteiger partial charge in [0.15, 0.2) is 0 Å². The SMILES string of the molecule is O=C(NCc1ccccc1)c1cccc2oc3ccccc3c12. The minimum absolute atomic E-state index is 0.0917. The molecule has 3 heteroatoms. The molecule has 0 aliphatic rings. The molecule has 112 valence electrons. The maximum atomic E-state index is 12.6. The number of rotatable bonds is 3. The van der Waals surface area contributed by atoms with E-state index < -0.39 is 0 Å². The Labute approximate surface area is 133 Å². The van der Waals surface area contributed by atoms with Gasteiger partial charge < -0.3 is 9.73 Å². The molecule has 0 spiro atoms. The fourth-order valence-electron chi connectivity index (χ4n) is 2.84. The number of furan rings is 1. The molecule has 23 heavy (non-hydrogen) atoms. The fraction of sp³-hybridized carbons (Fsp3) is 0.0500. The van der Waals surface area contributed by atoms with Crippen LogP contribution in [0.25, 0.3) is 21.9 Å². The van der Waals surface area contributed by atoms with Crippen molar-refractivity contribution in [1.82, 2.24) is 5.32 Å². The van der Waals surface area contributed by atoms with Crippen LogP contribution in [0.1, 0.15) is 15.9 Å². The highest BCUT2D eigenvalue weighted by Crippen LogP contribution is 2.31. The van der Waals surface area contributed by atoms with Gasteiger partial charge in [-0.05, 0) is 23.8 Å². The number of hydrogen-bond acceptors (Lipinski definition) is 2. The van der Waals surface area contributed by atoms with Crippen molar-refractivity contribution in [3.8, 4) is 0 Å². The van der Waals surface area contributed by atoms with E-state index in [-0.39, 0.29) is 5.91 Å². The van der Waals surface area contributed by atoms with E-state index in [1.54, 1.807) is 0 Å². The van der Waals surface area contributed by atoms with Crippen LogP contribution in [0.5, 0.6) is 0 Å². The van der Waals surface area contributed by atoms with Crippen molar-refractivity contribution in [2.75, 3.05) is 0 Å². The largest absolute Gasteiger partial charge is 0.456 e. The highest BCUT2D eigenvalue weighted by Gasteiger charge is 2.15. The first kappa shape index (κ1) is 13.6. The molecule has 0 aliphatic carbocycles. The third kappa shape index (κ3) is 2.46. The van der Waals surface area contributed by atoms with Crippen molar-refractivity contribution in [2.24, 2.45) is 0 Å². The first-order valence-corrected chi connectivity index (χ1v) is 7.55. The number of hydrogen-bond donors (Lipinski definition) is 1. The van der Waals surface area contributed by atoms with Crippen molar-refractivity contribution >= 4 is 27.8 Å². The van der Waals surface area contributed by atoms with Crippen LogP contribution in [0.4, 0.5) is 0 Å². The molecule has 0 bridgehead atoms. The van der Waals surface area contributed by atoms with Crippen molar-refractivity contribution in [1.29, 1.82) is 0 Å². The number of nitrogens with one attached hydrogen (secondary N) is 1. The highest BCUT2D eigenvalue weighted by molar-refractivity contribution is 6.16. The molecule has 3 aromatic carbocycles. The summed E-state index contributed by atoms with van der Waals surface area (Å²) in [7, 11) is 0. The summed E-state index contributed by atoms with van der Waals surface area (Å²) in [5, 5.41) is 4.82. The number of para-hydroxylation sites is 1. The molecular formula is C20H15NO2. The average molecular weight is 301 g/mol. The molecule has 1 heterocycles. The normalized spacial score (nSPS) is 11.0. The molecular weight excluding hydrogens is 286 g/mol. The van der Waals surface area contributed by atoms with Gasteiger partial charge in [-0.3, -0.25) is 4.79 Å². The number of benzene rings is 3. The molecule has 0 fully saturated rings. The molecule has 1 N–H and O–H groups in total. The van der Waals surface area contributed by atoms with Gasteiger partial charge in [0.1, 0.15) is 11.2 Å². The van der Waals surface area contributed by atoms with Gasteiger partial charge in [0, 0.05) is 17.3 Å². The first-order valence-electron chi connectivity index (χ1n) is 7.55. The van der Waals surface area contributed by atoms with E-state index in [1.165, 1.54) is 0 Å². The molecule has 1 amide bonds. The zero-order valence-corrected chi connectivity index (χ0v) is 12.5. The monoisotopic (exact) mass is 301 g/mol. The van der Waals surface area contributed by atoms with Crippen LogP contribution in [0.3, 0.4) is 0 Å². The lowest BCUT2D eigenvalue weighted by Gasteiger charge is -2.06. The van der Waals surface area contributed by atoms with Gasteiger partial charge in [-0.1, -0.05) is 54.6 Å². The van der Waals surface area contributed by atoms with E-state index in [4.69, 9.17) is 4.42 Å². The van der Waals surface area contributed by atoms with Gasteiger partial charge in [-0.15, -0.1) is 0 Å². The van der Waals surface area contributed by atoms with Crippen LogP contribution < -0.4 is 5.32 Å². The Hall–Kier alpha value is -3.07. The predicted molar refractivity (Wildman–Crippen MR) is 91.3 cm³/mol. The highest BCUT2D eigenvalue weighted by atomic mass is 16.3. The zero-order chi connectivity index (χ0) is 15.6. The van der Waals surface area contributed by atoms with Gasteiger partial charge in [0.2, 0.25) is 0 Å². The van der Waals surface area contributed by atoms with Crippen molar-refractivity contribution in [3.05, 3.63) is 83.9 Å². The lowest BCUT2D eigenvalue weighted by molar-refractivity contribution is 0.0952. The number of fused-ring (bicyclic) bond motifs is 3. The summed E-state index contributed by atoms with van der Waals surface area (Å²) >= 11 is 0. The summed E-state index contributed by atoms with van der Waals surface area (Å²) in [6.07, 6.45) is 0. The van der Waals surface area contributed by atoms with Crippen LogP contribution in [0, 0.1) is 0 Å². The minimum Gasteiger partial charge on any atom is -0.456 e. The smallest absolute Gasteiger partial charge is 0.252 e. The molecule has 0 radical (unpaired) electrons. The third-order valence-corrected chi connectivity index (χ3v) is 3.94. The number of carbonyl (C=O) groups is 1. The second-order valence-corrected chi connectivity index (χ2v) is 5.45. The molecule has 1 aromatic heterocycles. The summed E-state index contributed by atoms with van der Waals surface area (Å²) < 4.78 is 5.83. The van der Waals surface area contributed by atoms with Crippen LogP contribution in [-0.2, 0) is 6.54 Å². The second kappa shape index (κ2) is 5.61. The molecule has 3 nitrogen and oxygen atoms in total. The van der Waals surface area contributed by atoms with Gasteiger partial charge in [0.05, 0.1) is 5.56 Å². The molecule has 0 saturated heterocycles. The van der Waals surface area contributed by atoms with Gasteiger partial charge in [-0.25, -0.2) is 0 Å². The van der Waals surface area contributed by atoms with Gasteiger partial charge >= 0.3 is 0 Å². The number of amides is 1. The summed E-state index contributed by atoms with van der Waals surface area (Å²) in [5.74, 6) is -0.0917. The Kier molecular flexibility index (Phi) is 3.31. The second-order valence-electron chi connectivity index (χ2n) is 5.45. The predicted octanol–water partition coefficient (Wildman–Crippen LogP) is 4.52.